The van der Waals surface area contributed by atoms with E-state index in [1.54, 1.807) is 7.11 Å². The van der Waals surface area contributed by atoms with Crippen LogP contribution in [0.5, 0.6) is 5.75 Å². The summed E-state index contributed by atoms with van der Waals surface area (Å²) in [6.45, 7) is 5.22. The quantitative estimate of drug-likeness (QED) is 0.911. The van der Waals surface area contributed by atoms with Crippen LogP contribution in [0.15, 0.2) is 36.5 Å². The summed E-state index contributed by atoms with van der Waals surface area (Å²) >= 11 is 0. The molecule has 0 spiro atoms. The maximum Gasteiger partial charge on any atom is 0.119 e. The summed E-state index contributed by atoms with van der Waals surface area (Å²) in [5.41, 5.74) is 10.5. The molecule has 1 aliphatic rings. The molecule has 0 unspecified atom stereocenters. The van der Waals surface area contributed by atoms with Crippen LogP contribution >= 0.6 is 0 Å². The van der Waals surface area contributed by atoms with Gasteiger partial charge in [-0.1, -0.05) is 12.1 Å². The molecule has 1 saturated heterocycles. The smallest absolute Gasteiger partial charge is 0.119 e. The van der Waals surface area contributed by atoms with E-state index in [9.17, 15) is 0 Å². The predicted molar refractivity (Wildman–Crippen MR) is 97.2 cm³/mol. The zero-order valence-electron chi connectivity index (χ0n) is 14.5. The van der Waals surface area contributed by atoms with Crippen molar-refractivity contribution in [3.8, 4) is 5.75 Å². The maximum atomic E-state index is 6.27. The van der Waals surface area contributed by atoms with Crippen LogP contribution in [0, 0.1) is 0 Å². The third kappa shape index (κ3) is 4.04. The van der Waals surface area contributed by atoms with Crippen molar-refractivity contribution < 1.29 is 4.74 Å². The van der Waals surface area contributed by atoms with E-state index in [1.165, 1.54) is 5.56 Å². The minimum atomic E-state index is 0.778. The van der Waals surface area contributed by atoms with Crippen molar-refractivity contribution in [1.29, 1.82) is 0 Å². The summed E-state index contributed by atoms with van der Waals surface area (Å²) in [6.07, 6.45) is 2.59. The summed E-state index contributed by atoms with van der Waals surface area (Å²) in [4.78, 5) is 9.44. The molecule has 24 heavy (non-hydrogen) atoms. The Balaban J connectivity index is 1.79. The van der Waals surface area contributed by atoms with Crippen LogP contribution in [0.4, 0.5) is 5.69 Å². The van der Waals surface area contributed by atoms with Crippen LogP contribution in [-0.4, -0.2) is 55.1 Å². The first-order valence-corrected chi connectivity index (χ1v) is 8.42. The molecule has 0 bridgehead atoms. The molecule has 0 atom stereocenters. The molecule has 1 fully saturated rings. The van der Waals surface area contributed by atoms with Crippen molar-refractivity contribution in [1.82, 2.24) is 14.8 Å². The molecule has 128 valence electrons. The molecule has 5 nitrogen and oxygen atoms in total. The van der Waals surface area contributed by atoms with Crippen molar-refractivity contribution in [3.05, 3.63) is 53.3 Å². The average Bonchev–Trinajstić information content (AvgIpc) is 2.60. The van der Waals surface area contributed by atoms with Gasteiger partial charge in [-0.25, -0.2) is 0 Å². The Kier molecular flexibility index (Phi) is 5.33. The Hall–Kier alpha value is -2.11. The fourth-order valence-electron chi connectivity index (χ4n) is 3.10. The fraction of sp³-hybridized carbons (Fsp3) is 0.421. The minimum absolute atomic E-state index is 0.778. The third-order valence-corrected chi connectivity index (χ3v) is 4.67. The molecule has 5 heteroatoms. The number of hydrogen-bond acceptors (Lipinski definition) is 5. The Morgan fingerprint density at radius 2 is 1.96 bits per heavy atom. The van der Waals surface area contributed by atoms with E-state index in [4.69, 9.17) is 10.5 Å². The molecule has 2 N–H and O–H groups in total. The fourth-order valence-corrected chi connectivity index (χ4v) is 3.10. The number of piperazine rings is 1. The van der Waals surface area contributed by atoms with Gasteiger partial charge in [0.15, 0.2) is 0 Å². The van der Waals surface area contributed by atoms with Crippen LogP contribution in [0.25, 0.3) is 0 Å². The van der Waals surface area contributed by atoms with Crippen molar-refractivity contribution in [2.45, 2.75) is 13.0 Å². The Morgan fingerprint density at radius 3 is 2.71 bits per heavy atom. The summed E-state index contributed by atoms with van der Waals surface area (Å²) in [5.74, 6) is 0.871. The lowest BCUT2D eigenvalue weighted by atomic mass is 10.0. The van der Waals surface area contributed by atoms with E-state index in [1.807, 2.05) is 24.4 Å². The number of hydrogen-bond donors (Lipinski definition) is 1. The van der Waals surface area contributed by atoms with Crippen LogP contribution in [-0.2, 0) is 13.0 Å². The highest BCUT2D eigenvalue weighted by molar-refractivity contribution is 5.50. The molecule has 2 aromatic rings. The van der Waals surface area contributed by atoms with Crippen LogP contribution in [0.2, 0.25) is 0 Å². The van der Waals surface area contributed by atoms with Gasteiger partial charge in [0.25, 0.3) is 0 Å². The summed E-state index contributed by atoms with van der Waals surface area (Å²) in [7, 11) is 3.86. The van der Waals surface area contributed by atoms with Gasteiger partial charge >= 0.3 is 0 Å². The van der Waals surface area contributed by atoms with Crippen LogP contribution < -0.4 is 10.5 Å². The number of benzene rings is 1. The number of methoxy groups -OCH3 is 1. The van der Waals surface area contributed by atoms with Crippen molar-refractivity contribution in [2.75, 3.05) is 46.1 Å². The maximum absolute atomic E-state index is 6.27. The van der Waals surface area contributed by atoms with Gasteiger partial charge in [-0.15, -0.1) is 0 Å². The molecular formula is C19H26N4O. The first-order valence-electron chi connectivity index (χ1n) is 8.42. The Labute approximate surface area is 144 Å². The van der Waals surface area contributed by atoms with E-state index in [-0.39, 0.29) is 0 Å². The first-order chi connectivity index (χ1) is 11.7. The number of nitrogens with two attached hydrogens (primary N) is 1. The van der Waals surface area contributed by atoms with Crippen LogP contribution in [0.3, 0.4) is 0 Å². The number of aromatic nitrogens is 1. The van der Waals surface area contributed by atoms with Gasteiger partial charge in [0, 0.05) is 56.6 Å². The van der Waals surface area contributed by atoms with Crippen molar-refractivity contribution in [2.24, 2.45) is 0 Å². The SMILES string of the molecule is COc1cccc(Cc2c(N)ccnc2CN2CCN(C)CC2)c1. The lowest BCUT2D eigenvalue weighted by Gasteiger charge is -2.32. The lowest BCUT2D eigenvalue weighted by molar-refractivity contribution is 0.146. The lowest BCUT2D eigenvalue weighted by Crippen LogP contribution is -2.44. The molecule has 1 aromatic carbocycles. The molecule has 0 saturated carbocycles. The molecule has 3 rings (SSSR count). The van der Waals surface area contributed by atoms with Gasteiger partial charge in [-0.05, 0) is 30.8 Å². The largest absolute Gasteiger partial charge is 0.497 e. The number of nitrogens with zero attached hydrogens (tertiary/aromatic N) is 3. The second kappa shape index (κ2) is 7.64. The van der Waals surface area contributed by atoms with E-state index < -0.39 is 0 Å². The Bertz CT molecular complexity index is 681. The number of ether oxygens (including phenoxy) is 1. The van der Waals surface area contributed by atoms with Crippen molar-refractivity contribution in [3.63, 3.8) is 0 Å². The van der Waals surface area contributed by atoms with E-state index >= 15 is 0 Å². The molecule has 0 aliphatic carbocycles. The van der Waals surface area contributed by atoms with Gasteiger partial charge in [-0.3, -0.25) is 9.88 Å². The summed E-state index contributed by atoms with van der Waals surface area (Å²) < 4.78 is 5.32. The average molecular weight is 326 g/mol. The molecule has 0 radical (unpaired) electrons. The van der Waals surface area contributed by atoms with Gasteiger partial charge in [-0.2, -0.15) is 0 Å². The molecule has 2 heterocycles. The molecule has 0 amide bonds. The highest BCUT2D eigenvalue weighted by Crippen LogP contribution is 2.23. The highest BCUT2D eigenvalue weighted by Gasteiger charge is 2.17. The van der Waals surface area contributed by atoms with E-state index in [2.05, 4.69) is 34.0 Å². The second-order valence-corrected chi connectivity index (χ2v) is 6.43. The molecule has 1 aromatic heterocycles. The second-order valence-electron chi connectivity index (χ2n) is 6.43. The first kappa shape index (κ1) is 16.7. The number of likely N-dealkylation sites (N-methyl/N-ethyl adjacent to an activating group) is 1. The van der Waals surface area contributed by atoms with E-state index in [0.717, 1.165) is 61.8 Å². The predicted octanol–water partition coefficient (Wildman–Crippen LogP) is 2.01. The van der Waals surface area contributed by atoms with Gasteiger partial charge in [0.2, 0.25) is 0 Å². The minimum Gasteiger partial charge on any atom is -0.497 e. The van der Waals surface area contributed by atoms with Crippen molar-refractivity contribution >= 4 is 5.69 Å². The van der Waals surface area contributed by atoms with E-state index in [0.29, 0.717) is 0 Å². The number of nitrogen functional groups attached to an aromatic ring is 1. The number of rotatable bonds is 5. The number of pyridine rings is 1. The summed E-state index contributed by atoms with van der Waals surface area (Å²) in [5, 5.41) is 0. The van der Waals surface area contributed by atoms with Gasteiger partial charge < -0.3 is 15.4 Å². The van der Waals surface area contributed by atoms with Crippen LogP contribution in [0.1, 0.15) is 16.8 Å². The number of anilines is 1. The standard InChI is InChI=1S/C19H26N4O/c1-22-8-10-23(11-9-22)14-19-17(18(20)6-7-21-19)13-15-4-3-5-16(12-15)24-2/h3-7,12H,8-11,13-14H2,1-2H3,(H2,20,21). The normalized spacial score (nSPS) is 16.2. The van der Waals surface area contributed by atoms with Gasteiger partial charge in [0.05, 0.1) is 12.8 Å². The zero-order valence-corrected chi connectivity index (χ0v) is 14.5. The summed E-state index contributed by atoms with van der Waals surface area (Å²) in [6, 6.07) is 10.0. The monoisotopic (exact) mass is 326 g/mol. The molecular weight excluding hydrogens is 300 g/mol. The molecule has 1 aliphatic heterocycles. The highest BCUT2D eigenvalue weighted by atomic mass is 16.5. The Morgan fingerprint density at radius 1 is 1.17 bits per heavy atom. The topological polar surface area (TPSA) is 54.6 Å². The van der Waals surface area contributed by atoms with Gasteiger partial charge in [0.1, 0.15) is 5.75 Å². The zero-order chi connectivity index (χ0) is 16.9. The third-order valence-electron chi connectivity index (χ3n) is 4.67.